The van der Waals surface area contributed by atoms with Gasteiger partial charge in [0, 0.05) is 23.0 Å². The molecule has 3 aromatic rings. The number of benzene rings is 2. The van der Waals surface area contributed by atoms with Crippen LogP contribution in [0.1, 0.15) is 25.8 Å². The molecule has 146 valence electrons. The van der Waals surface area contributed by atoms with Crippen LogP contribution in [0.3, 0.4) is 0 Å². The summed E-state index contributed by atoms with van der Waals surface area (Å²) in [5.74, 6) is -1.04. The topological polar surface area (TPSA) is 71.2 Å². The number of carbonyl (C=O) groups is 2. The van der Waals surface area contributed by atoms with Gasteiger partial charge in [0.15, 0.2) is 0 Å². The normalized spacial score (nSPS) is 11.4. The number of aromatic amines is 1. The number of carbonyl (C=O) groups excluding carboxylic acids is 2. The number of esters is 1. The van der Waals surface area contributed by atoms with E-state index in [1.54, 1.807) is 26.0 Å². The Hall–Kier alpha value is -3.15. The molecule has 0 aliphatic heterocycles. The van der Waals surface area contributed by atoms with Gasteiger partial charge in [-0.3, -0.25) is 4.79 Å². The first kappa shape index (κ1) is 19.6. The Bertz CT molecular complexity index is 1010. The van der Waals surface area contributed by atoms with E-state index < -0.39 is 11.5 Å². The molecule has 0 saturated carbocycles. The van der Waals surface area contributed by atoms with Crippen LogP contribution in [-0.2, 0) is 20.7 Å². The number of para-hydroxylation sites is 1. The first-order valence-corrected chi connectivity index (χ1v) is 9.07. The highest BCUT2D eigenvalue weighted by molar-refractivity contribution is 5.92. The standard InChI is InChI=1S/C22H23FN2O3/c1-22(2,21(27)28-3)25-19(26)13-12-17-16-6-4-5-7-18(16)24-20(17)14-8-10-15(23)11-9-14/h4-11,24H,12-13H2,1-3H3,(H,25,26). The molecule has 0 aliphatic carbocycles. The number of fused-ring (bicyclic) bond motifs is 1. The van der Waals surface area contributed by atoms with Crippen LogP contribution in [0.5, 0.6) is 0 Å². The van der Waals surface area contributed by atoms with Crippen molar-refractivity contribution in [1.82, 2.24) is 10.3 Å². The lowest BCUT2D eigenvalue weighted by Gasteiger charge is -2.23. The van der Waals surface area contributed by atoms with Crippen molar-refractivity contribution in [2.75, 3.05) is 7.11 Å². The van der Waals surface area contributed by atoms with Gasteiger partial charge in [0.1, 0.15) is 11.4 Å². The van der Waals surface area contributed by atoms with Crippen LogP contribution in [0, 0.1) is 5.82 Å². The number of amides is 1. The molecule has 3 rings (SSSR count). The highest BCUT2D eigenvalue weighted by atomic mass is 19.1. The maximum absolute atomic E-state index is 13.3. The maximum Gasteiger partial charge on any atom is 0.330 e. The van der Waals surface area contributed by atoms with E-state index in [4.69, 9.17) is 4.74 Å². The summed E-state index contributed by atoms with van der Waals surface area (Å²) in [5.41, 5.74) is 2.55. The lowest BCUT2D eigenvalue weighted by Crippen LogP contribution is -2.50. The molecule has 2 N–H and O–H groups in total. The molecule has 0 spiro atoms. The van der Waals surface area contributed by atoms with Crippen LogP contribution in [0.15, 0.2) is 48.5 Å². The van der Waals surface area contributed by atoms with Crippen LogP contribution < -0.4 is 5.32 Å². The van der Waals surface area contributed by atoms with Crippen molar-refractivity contribution in [2.24, 2.45) is 0 Å². The van der Waals surface area contributed by atoms with Crippen molar-refractivity contribution in [3.05, 3.63) is 59.9 Å². The second kappa shape index (κ2) is 7.84. The number of aryl methyl sites for hydroxylation is 1. The van der Waals surface area contributed by atoms with E-state index in [-0.39, 0.29) is 18.1 Å². The Morgan fingerprint density at radius 3 is 2.46 bits per heavy atom. The average molecular weight is 382 g/mol. The number of H-pyrrole nitrogens is 1. The summed E-state index contributed by atoms with van der Waals surface area (Å²) >= 11 is 0. The molecule has 1 heterocycles. The molecular weight excluding hydrogens is 359 g/mol. The predicted molar refractivity (Wildman–Crippen MR) is 106 cm³/mol. The molecule has 6 heteroatoms. The molecule has 0 atom stereocenters. The highest BCUT2D eigenvalue weighted by Crippen LogP contribution is 2.31. The van der Waals surface area contributed by atoms with E-state index in [9.17, 15) is 14.0 Å². The molecule has 5 nitrogen and oxygen atoms in total. The fraction of sp³-hybridized carbons (Fsp3) is 0.273. The van der Waals surface area contributed by atoms with Crippen molar-refractivity contribution in [3.63, 3.8) is 0 Å². The molecule has 1 aromatic heterocycles. The molecule has 1 amide bonds. The summed E-state index contributed by atoms with van der Waals surface area (Å²) < 4.78 is 18.0. The Kier molecular flexibility index (Phi) is 5.49. The smallest absolute Gasteiger partial charge is 0.330 e. The Morgan fingerprint density at radius 2 is 1.79 bits per heavy atom. The fourth-order valence-electron chi connectivity index (χ4n) is 3.28. The Balaban J connectivity index is 1.86. The van der Waals surface area contributed by atoms with Crippen LogP contribution in [0.25, 0.3) is 22.2 Å². The van der Waals surface area contributed by atoms with Crippen LogP contribution >= 0.6 is 0 Å². The first-order chi connectivity index (χ1) is 13.3. The van der Waals surface area contributed by atoms with Gasteiger partial charge >= 0.3 is 5.97 Å². The third-order valence-corrected chi connectivity index (χ3v) is 4.70. The van der Waals surface area contributed by atoms with Gasteiger partial charge in [-0.05, 0) is 61.7 Å². The fourth-order valence-corrected chi connectivity index (χ4v) is 3.28. The summed E-state index contributed by atoms with van der Waals surface area (Å²) in [7, 11) is 1.29. The molecular formula is C22H23FN2O3. The number of methoxy groups -OCH3 is 1. The third-order valence-electron chi connectivity index (χ3n) is 4.70. The summed E-state index contributed by atoms with van der Waals surface area (Å²) in [4.78, 5) is 27.6. The van der Waals surface area contributed by atoms with Gasteiger partial charge in [0.25, 0.3) is 0 Å². The van der Waals surface area contributed by atoms with Gasteiger partial charge in [0.05, 0.1) is 7.11 Å². The lowest BCUT2D eigenvalue weighted by molar-refractivity contribution is -0.149. The lowest BCUT2D eigenvalue weighted by atomic mass is 10.00. The Morgan fingerprint density at radius 1 is 1.11 bits per heavy atom. The largest absolute Gasteiger partial charge is 0.467 e. The zero-order valence-electron chi connectivity index (χ0n) is 16.1. The highest BCUT2D eigenvalue weighted by Gasteiger charge is 2.30. The van der Waals surface area contributed by atoms with E-state index in [0.29, 0.717) is 6.42 Å². The molecule has 28 heavy (non-hydrogen) atoms. The summed E-state index contributed by atoms with van der Waals surface area (Å²) in [6, 6.07) is 14.1. The minimum atomic E-state index is -1.09. The van der Waals surface area contributed by atoms with Crippen LogP contribution in [-0.4, -0.2) is 29.5 Å². The van der Waals surface area contributed by atoms with E-state index in [1.807, 2.05) is 24.3 Å². The third kappa shape index (κ3) is 4.06. The molecule has 0 fully saturated rings. The number of hydrogen-bond donors (Lipinski definition) is 2. The maximum atomic E-state index is 13.3. The summed E-state index contributed by atoms with van der Waals surface area (Å²) in [5, 5.41) is 3.73. The van der Waals surface area contributed by atoms with Gasteiger partial charge in [-0.2, -0.15) is 0 Å². The number of aromatic nitrogens is 1. The zero-order valence-corrected chi connectivity index (χ0v) is 16.1. The Labute approximate surface area is 162 Å². The van der Waals surface area contributed by atoms with E-state index >= 15 is 0 Å². The average Bonchev–Trinajstić information content (AvgIpc) is 3.04. The minimum Gasteiger partial charge on any atom is -0.467 e. The number of nitrogens with one attached hydrogen (secondary N) is 2. The van der Waals surface area contributed by atoms with Crippen molar-refractivity contribution < 1.29 is 18.7 Å². The SMILES string of the molecule is COC(=O)C(C)(C)NC(=O)CCc1c(-c2ccc(F)cc2)[nH]c2ccccc12. The van der Waals surface area contributed by atoms with E-state index in [2.05, 4.69) is 10.3 Å². The van der Waals surface area contributed by atoms with Gasteiger partial charge < -0.3 is 15.0 Å². The molecule has 0 aliphatic rings. The molecule has 0 saturated heterocycles. The second-order valence-electron chi connectivity index (χ2n) is 7.20. The molecule has 0 unspecified atom stereocenters. The zero-order chi connectivity index (χ0) is 20.3. The first-order valence-electron chi connectivity index (χ1n) is 9.07. The number of rotatable bonds is 6. The van der Waals surface area contributed by atoms with Gasteiger partial charge in [-0.15, -0.1) is 0 Å². The van der Waals surface area contributed by atoms with Crippen molar-refractivity contribution in [3.8, 4) is 11.3 Å². The monoisotopic (exact) mass is 382 g/mol. The van der Waals surface area contributed by atoms with E-state index in [0.717, 1.165) is 27.7 Å². The molecule has 0 radical (unpaired) electrons. The number of ether oxygens (including phenoxy) is 1. The quantitative estimate of drug-likeness (QED) is 0.634. The number of halogens is 1. The predicted octanol–water partition coefficient (Wildman–Crippen LogP) is 3.97. The second-order valence-corrected chi connectivity index (χ2v) is 7.20. The van der Waals surface area contributed by atoms with Crippen LogP contribution in [0.2, 0.25) is 0 Å². The summed E-state index contributed by atoms with van der Waals surface area (Å²) in [6.07, 6.45) is 0.677. The minimum absolute atomic E-state index is 0.205. The summed E-state index contributed by atoms with van der Waals surface area (Å²) in [6.45, 7) is 3.21. The van der Waals surface area contributed by atoms with E-state index in [1.165, 1.54) is 19.2 Å². The van der Waals surface area contributed by atoms with Crippen molar-refractivity contribution in [2.45, 2.75) is 32.2 Å². The van der Waals surface area contributed by atoms with Crippen molar-refractivity contribution >= 4 is 22.8 Å². The van der Waals surface area contributed by atoms with Gasteiger partial charge in [0.2, 0.25) is 5.91 Å². The molecule has 2 aromatic carbocycles. The number of hydrogen-bond acceptors (Lipinski definition) is 3. The van der Waals surface area contributed by atoms with Crippen LogP contribution in [0.4, 0.5) is 4.39 Å². The molecule has 0 bridgehead atoms. The van der Waals surface area contributed by atoms with Gasteiger partial charge in [-0.25, -0.2) is 9.18 Å². The van der Waals surface area contributed by atoms with Gasteiger partial charge in [-0.1, -0.05) is 18.2 Å². The van der Waals surface area contributed by atoms with Crippen molar-refractivity contribution in [1.29, 1.82) is 0 Å².